The average molecular weight is 327 g/mol. The van der Waals surface area contributed by atoms with Crippen LogP contribution in [0.15, 0.2) is 36.7 Å². The van der Waals surface area contributed by atoms with Gasteiger partial charge in [0.05, 0.1) is 17.8 Å². The molecular weight excluding hydrogens is 306 g/mol. The SMILES string of the molecule is O=C(NCCC1COc2ccccc2O1)c1cnn(C2CCC2)c1. The summed E-state index contributed by atoms with van der Waals surface area (Å²) in [6.07, 6.45) is 7.71. The highest BCUT2D eigenvalue weighted by Crippen LogP contribution is 2.32. The number of carbonyl (C=O) groups excluding carboxylic acids is 1. The van der Waals surface area contributed by atoms with Crippen molar-refractivity contribution in [2.75, 3.05) is 13.2 Å². The molecule has 2 aromatic rings. The molecule has 0 saturated heterocycles. The molecule has 2 aliphatic rings. The molecule has 1 atom stereocenters. The minimum atomic E-state index is -0.0855. The van der Waals surface area contributed by atoms with Crippen molar-refractivity contribution in [3.8, 4) is 11.5 Å². The molecule has 1 aliphatic carbocycles. The Balaban J connectivity index is 1.25. The molecule has 0 spiro atoms. The van der Waals surface area contributed by atoms with Crippen LogP contribution in [0.3, 0.4) is 0 Å². The fourth-order valence-corrected chi connectivity index (χ4v) is 2.96. The molecule has 6 nitrogen and oxygen atoms in total. The third-order valence-electron chi connectivity index (χ3n) is 4.63. The highest BCUT2D eigenvalue weighted by atomic mass is 16.6. The normalized spacial score (nSPS) is 19.6. The lowest BCUT2D eigenvalue weighted by atomic mass is 9.93. The topological polar surface area (TPSA) is 65.4 Å². The van der Waals surface area contributed by atoms with E-state index in [4.69, 9.17) is 9.47 Å². The van der Waals surface area contributed by atoms with E-state index in [9.17, 15) is 4.79 Å². The maximum Gasteiger partial charge on any atom is 0.254 e. The number of amides is 1. The summed E-state index contributed by atoms with van der Waals surface area (Å²) in [7, 11) is 0. The van der Waals surface area contributed by atoms with Gasteiger partial charge in [-0.15, -0.1) is 0 Å². The van der Waals surface area contributed by atoms with E-state index in [-0.39, 0.29) is 12.0 Å². The maximum absolute atomic E-state index is 12.2. The number of para-hydroxylation sites is 2. The molecule has 4 rings (SSSR count). The van der Waals surface area contributed by atoms with Crippen molar-refractivity contribution in [2.24, 2.45) is 0 Å². The fourth-order valence-electron chi connectivity index (χ4n) is 2.96. The maximum atomic E-state index is 12.2. The molecule has 6 heteroatoms. The first-order chi connectivity index (χ1) is 11.8. The Bertz CT molecular complexity index is 724. The van der Waals surface area contributed by atoms with Crippen LogP contribution in [0.25, 0.3) is 0 Å². The molecular formula is C18H21N3O3. The lowest BCUT2D eigenvalue weighted by molar-refractivity contribution is 0.0813. The summed E-state index contributed by atoms with van der Waals surface area (Å²) in [5.74, 6) is 1.46. The smallest absolute Gasteiger partial charge is 0.254 e. The number of nitrogens with zero attached hydrogens (tertiary/aromatic N) is 2. The van der Waals surface area contributed by atoms with Gasteiger partial charge in [-0.2, -0.15) is 5.10 Å². The van der Waals surface area contributed by atoms with E-state index in [0.29, 0.717) is 31.2 Å². The van der Waals surface area contributed by atoms with Crippen LogP contribution in [0.1, 0.15) is 42.1 Å². The number of benzene rings is 1. The van der Waals surface area contributed by atoms with Crippen molar-refractivity contribution in [2.45, 2.75) is 37.8 Å². The van der Waals surface area contributed by atoms with Crippen LogP contribution in [-0.2, 0) is 0 Å². The quantitative estimate of drug-likeness (QED) is 0.916. The van der Waals surface area contributed by atoms with Crippen LogP contribution in [0.2, 0.25) is 0 Å². The summed E-state index contributed by atoms with van der Waals surface area (Å²) in [6, 6.07) is 8.11. The van der Waals surface area contributed by atoms with Gasteiger partial charge in [0.15, 0.2) is 11.5 Å². The van der Waals surface area contributed by atoms with E-state index in [1.165, 1.54) is 6.42 Å². The molecule has 2 heterocycles. The summed E-state index contributed by atoms with van der Waals surface area (Å²) in [4.78, 5) is 12.2. The number of aromatic nitrogens is 2. The lowest BCUT2D eigenvalue weighted by Gasteiger charge is -2.26. The van der Waals surface area contributed by atoms with Gasteiger partial charge in [0, 0.05) is 19.2 Å². The highest BCUT2D eigenvalue weighted by molar-refractivity contribution is 5.93. The molecule has 126 valence electrons. The predicted octanol–water partition coefficient (Wildman–Crippen LogP) is 2.57. The number of hydrogen-bond acceptors (Lipinski definition) is 4. The first kappa shape index (κ1) is 15.1. The van der Waals surface area contributed by atoms with Crippen LogP contribution in [0.5, 0.6) is 11.5 Å². The molecule has 0 bridgehead atoms. The Kier molecular flexibility index (Phi) is 4.11. The van der Waals surface area contributed by atoms with Crippen molar-refractivity contribution >= 4 is 5.91 Å². The third kappa shape index (κ3) is 3.09. The second-order valence-electron chi connectivity index (χ2n) is 6.34. The summed E-state index contributed by atoms with van der Waals surface area (Å²) >= 11 is 0. The minimum Gasteiger partial charge on any atom is -0.486 e. The zero-order chi connectivity index (χ0) is 16.4. The molecule has 1 amide bonds. The predicted molar refractivity (Wildman–Crippen MR) is 88.4 cm³/mol. The van der Waals surface area contributed by atoms with Gasteiger partial charge in [0.2, 0.25) is 0 Å². The van der Waals surface area contributed by atoms with Gasteiger partial charge in [-0.1, -0.05) is 12.1 Å². The average Bonchev–Trinajstić information content (AvgIpc) is 3.02. The Morgan fingerprint density at radius 1 is 1.29 bits per heavy atom. The zero-order valence-electron chi connectivity index (χ0n) is 13.5. The summed E-state index contributed by atoms with van der Waals surface area (Å²) in [5.41, 5.74) is 0.619. The van der Waals surface area contributed by atoms with E-state index >= 15 is 0 Å². The van der Waals surface area contributed by atoms with E-state index in [2.05, 4.69) is 10.4 Å². The molecule has 1 aromatic carbocycles. The van der Waals surface area contributed by atoms with E-state index in [1.807, 2.05) is 35.1 Å². The second-order valence-corrected chi connectivity index (χ2v) is 6.34. The number of rotatable bonds is 5. The summed E-state index contributed by atoms with van der Waals surface area (Å²) in [5, 5.41) is 7.22. The van der Waals surface area contributed by atoms with Gasteiger partial charge < -0.3 is 14.8 Å². The Hall–Kier alpha value is -2.50. The number of carbonyl (C=O) groups is 1. The molecule has 1 unspecified atom stereocenters. The van der Waals surface area contributed by atoms with Crippen molar-refractivity contribution in [1.29, 1.82) is 0 Å². The first-order valence-electron chi connectivity index (χ1n) is 8.50. The van der Waals surface area contributed by atoms with Crippen LogP contribution in [0, 0.1) is 0 Å². The van der Waals surface area contributed by atoms with Crippen LogP contribution >= 0.6 is 0 Å². The van der Waals surface area contributed by atoms with E-state index < -0.39 is 0 Å². The Morgan fingerprint density at radius 3 is 2.92 bits per heavy atom. The second kappa shape index (κ2) is 6.55. The summed E-state index contributed by atoms with van der Waals surface area (Å²) in [6.45, 7) is 1.05. The van der Waals surface area contributed by atoms with Crippen LogP contribution in [0.4, 0.5) is 0 Å². The van der Waals surface area contributed by atoms with Crippen molar-refractivity contribution < 1.29 is 14.3 Å². The van der Waals surface area contributed by atoms with E-state index in [0.717, 1.165) is 24.3 Å². The van der Waals surface area contributed by atoms with Crippen molar-refractivity contribution in [1.82, 2.24) is 15.1 Å². The number of fused-ring (bicyclic) bond motifs is 1. The molecule has 24 heavy (non-hydrogen) atoms. The zero-order valence-corrected chi connectivity index (χ0v) is 13.5. The van der Waals surface area contributed by atoms with Gasteiger partial charge in [-0.25, -0.2) is 0 Å². The van der Waals surface area contributed by atoms with Crippen LogP contribution < -0.4 is 14.8 Å². The molecule has 1 saturated carbocycles. The number of hydrogen-bond donors (Lipinski definition) is 1. The standard InChI is InChI=1S/C18H21N3O3/c22-18(13-10-20-21(11-13)14-4-3-5-14)19-9-8-15-12-23-16-6-1-2-7-17(16)24-15/h1-2,6-7,10-11,14-15H,3-5,8-9,12H2,(H,19,22). The minimum absolute atomic E-state index is 0.0436. The summed E-state index contributed by atoms with van der Waals surface area (Å²) < 4.78 is 13.5. The van der Waals surface area contributed by atoms with Gasteiger partial charge in [0.25, 0.3) is 5.91 Å². The largest absolute Gasteiger partial charge is 0.486 e. The van der Waals surface area contributed by atoms with Crippen LogP contribution in [-0.4, -0.2) is 34.9 Å². The molecule has 1 aromatic heterocycles. The molecule has 0 radical (unpaired) electrons. The van der Waals surface area contributed by atoms with Gasteiger partial charge >= 0.3 is 0 Å². The molecule has 1 fully saturated rings. The van der Waals surface area contributed by atoms with Gasteiger partial charge in [-0.3, -0.25) is 9.48 Å². The highest BCUT2D eigenvalue weighted by Gasteiger charge is 2.22. The Labute approximate surface area is 140 Å². The van der Waals surface area contributed by atoms with E-state index in [1.54, 1.807) is 6.20 Å². The third-order valence-corrected chi connectivity index (χ3v) is 4.63. The molecule has 1 N–H and O–H groups in total. The fraction of sp³-hybridized carbons (Fsp3) is 0.444. The number of ether oxygens (including phenoxy) is 2. The Morgan fingerprint density at radius 2 is 2.12 bits per heavy atom. The van der Waals surface area contributed by atoms with Gasteiger partial charge in [0.1, 0.15) is 12.7 Å². The van der Waals surface area contributed by atoms with Gasteiger partial charge in [-0.05, 0) is 31.4 Å². The first-order valence-corrected chi connectivity index (χ1v) is 8.50. The molecule has 1 aliphatic heterocycles. The van der Waals surface area contributed by atoms with Crippen molar-refractivity contribution in [3.63, 3.8) is 0 Å². The number of nitrogens with one attached hydrogen (secondary N) is 1. The lowest BCUT2D eigenvalue weighted by Crippen LogP contribution is -2.34. The monoisotopic (exact) mass is 327 g/mol. The van der Waals surface area contributed by atoms with Crippen molar-refractivity contribution in [3.05, 3.63) is 42.2 Å².